The lowest BCUT2D eigenvalue weighted by atomic mass is 9.77. The molecule has 0 aliphatic carbocycles. The summed E-state index contributed by atoms with van der Waals surface area (Å²) in [5.41, 5.74) is 5.74. The number of aliphatic imine (C=N–C) groups is 1. The lowest BCUT2D eigenvalue weighted by Crippen LogP contribution is -2.39. The van der Waals surface area contributed by atoms with E-state index in [0.717, 1.165) is 76.3 Å². The molecule has 0 radical (unpaired) electrons. The van der Waals surface area contributed by atoms with Gasteiger partial charge in [0.2, 0.25) is 5.82 Å². The molecular formula is C49H52N8O2. The van der Waals surface area contributed by atoms with Crippen LogP contribution in [0, 0.1) is 0 Å². The van der Waals surface area contributed by atoms with Crippen LogP contribution in [0.4, 0.5) is 0 Å². The molecule has 0 fully saturated rings. The summed E-state index contributed by atoms with van der Waals surface area (Å²) in [5, 5.41) is 19.7. The lowest BCUT2D eigenvalue weighted by molar-refractivity contribution is 0.271. The summed E-state index contributed by atoms with van der Waals surface area (Å²) in [6.07, 6.45) is 4.33. The van der Waals surface area contributed by atoms with Crippen molar-refractivity contribution in [2.75, 3.05) is 6.61 Å². The summed E-state index contributed by atoms with van der Waals surface area (Å²) in [5.74, 6) is 2.08. The Morgan fingerprint density at radius 2 is 1.32 bits per heavy atom. The van der Waals surface area contributed by atoms with E-state index in [1.807, 2.05) is 77.4 Å². The Balaban J connectivity index is 1.14. The molecule has 0 spiro atoms. The van der Waals surface area contributed by atoms with Crippen molar-refractivity contribution in [3.8, 4) is 22.5 Å². The fourth-order valence-electron chi connectivity index (χ4n) is 8.26. The molecule has 0 saturated carbocycles. The first-order valence-electron chi connectivity index (χ1n) is 20.9. The molecule has 3 heterocycles. The number of nitrogens with zero attached hydrogens (tertiary/aromatic N) is 8. The Bertz CT molecular complexity index is 2460. The van der Waals surface area contributed by atoms with E-state index in [1.54, 1.807) is 9.48 Å². The fraction of sp³-hybridized carbons (Fsp3) is 0.306. The Morgan fingerprint density at radius 1 is 0.729 bits per heavy atom. The van der Waals surface area contributed by atoms with Crippen molar-refractivity contribution in [3.63, 3.8) is 0 Å². The molecule has 0 amide bonds. The van der Waals surface area contributed by atoms with Crippen LogP contribution in [0.25, 0.3) is 22.5 Å². The maximum Gasteiger partial charge on any atom is 0.346 e. The second-order valence-electron chi connectivity index (χ2n) is 16.1. The van der Waals surface area contributed by atoms with Crippen LogP contribution in [0.3, 0.4) is 0 Å². The molecule has 1 aliphatic heterocycles. The summed E-state index contributed by atoms with van der Waals surface area (Å²) in [6, 6.07) is 47.7. The predicted octanol–water partition coefficient (Wildman–Crippen LogP) is 9.54. The van der Waals surface area contributed by atoms with E-state index in [4.69, 9.17) is 30.2 Å². The highest BCUT2D eigenvalue weighted by Crippen LogP contribution is 2.40. The third kappa shape index (κ3) is 8.04. The molecule has 0 saturated heterocycles. The van der Waals surface area contributed by atoms with Crippen LogP contribution >= 0.6 is 0 Å². The van der Waals surface area contributed by atoms with Gasteiger partial charge in [-0.05, 0) is 65.3 Å². The Labute approximate surface area is 346 Å². The predicted molar refractivity (Wildman–Crippen MR) is 234 cm³/mol. The van der Waals surface area contributed by atoms with Gasteiger partial charge in [-0.3, -0.25) is 4.57 Å². The normalized spacial score (nSPS) is 14.2. The van der Waals surface area contributed by atoms with Crippen molar-refractivity contribution < 1.29 is 4.74 Å². The van der Waals surface area contributed by atoms with E-state index in [1.165, 1.54) is 0 Å². The average Bonchev–Trinajstić information content (AvgIpc) is 3.98. The minimum Gasteiger partial charge on any atom is -0.478 e. The molecule has 1 aliphatic rings. The topological polar surface area (TPSA) is 105 Å². The van der Waals surface area contributed by atoms with Gasteiger partial charge in [0, 0.05) is 24.4 Å². The Hall–Kier alpha value is -6.42. The van der Waals surface area contributed by atoms with Crippen molar-refractivity contribution in [2.45, 2.75) is 89.9 Å². The number of tetrazole rings is 1. The van der Waals surface area contributed by atoms with Crippen LogP contribution in [0.1, 0.15) is 93.8 Å². The number of unbranched alkanes of at least 4 members (excludes halogenated alkanes) is 1. The van der Waals surface area contributed by atoms with E-state index >= 15 is 0 Å². The lowest BCUT2D eigenvalue weighted by Gasteiger charge is -2.34. The zero-order chi connectivity index (χ0) is 40.8. The number of hydrogen-bond donors (Lipinski definition) is 0. The van der Waals surface area contributed by atoms with E-state index in [2.05, 4.69) is 94.4 Å². The Kier molecular flexibility index (Phi) is 11.5. The van der Waals surface area contributed by atoms with Gasteiger partial charge in [0.25, 0.3) is 0 Å². The third-order valence-corrected chi connectivity index (χ3v) is 11.2. The van der Waals surface area contributed by atoms with Crippen molar-refractivity contribution >= 4 is 5.90 Å². The number of ether oxygens (including phenoxy) is 1. The molecule has 5 aromatic carbocycles. The van der Waals surface area contributed by atoms with Crippen molar-refractivity contribution in [3.05, 3.63) is 178 Å². The van der Waals surface area contributed by atoms with Crippen LogP contribution in [0.2, 0.25) is 0 Å². The highest BCUT2D eigenvalue weighted by Gasteiger charge is 2.41. The zero-order valence-electron chi connectivity index (χ0n) is 34.4. The van der Waals surface area contributed by atoms with Gasteiger partial charge in [0.15, 0.2) is 11.4 Å². The van der Waals surface area contributed by atoms with E-state index in [-0.39, 0.29) is 17.1 Å². The number of rotatable bonds is 16. The van der Waals surface area contributed by atoms with Gasteiger partial charge in [0.05, 0.1) is 12.1 Å². The molecular weight excluding hydrogens is 733 g/mol. The van der Waals surface area contributed by atoms with Crippen LogP contribution < -0.4 is 5.69 Å². The van der Waals surface area contributed by atoms with Crippen molar-refractivity contribution in [1.29, 1.82) is 0 Å². The maximum atomic E-state index is 14.0. The van der Waals surface area contributed by atoms with E-state index in [0.29, 0.717) is 31.9 Å². The molecule has 2 aromatic heterocycles. The third-order valence-electron chi connectivity index (χ3n) is 11.2. The number of benzene rings is 5. The smallest absolute Gasteiger partial charge is 0.346 e. The van der Waals surface area contributed by atoms with Gasteiger partial charge in [-0.1, -0.05) is 166 Å². The van der Waals surface area contributed by atoms with Gasteiger partial charge >= 0.3 is 5.69 Å². The summed E-state index contributed by atoms with van der Waals surface area (Å²) < 4.78 is 9.53. The molecule has 59 heavy (non-hydrogen) atoms. The molecule has 1 atom stereocenters. The standard InChI is InChI=1S/C49H52N8O2/c1-5-7-32-56-47(58)55(46(53-56)38(19-6-2)33-44-50-48(3,4)35-59-44)34-36-28-30-37(31-29-36)42-26-17-18-27-43(42)45-51-54-57(52-45)49(39-20-11-8-12-21-39,40-22-13-9-14-23-40)41-24-15-10-16-25-41/h8-18,20-31,38H,5-7,19,32-35H2,1-4H3. The summed E-state index contributed by atoms with van der Waals surface area (Å²) in [4.78, 5) is 20.6. The van der Waals surface area contributed by atoms with Crippen LogP contribution in [0.15, 0.2) is 149 Å². The first-order valence-corrected chi connectivity index (χ1v) is 20.9. The molecule has 7 aromatic rings. The minimum atomic E-state index is -0.878. The summed E-state index contributed by atoms with van der Waals surface area (Å²) >= 11 is 0. The second kappa shape index (κ2) is 17.2. The minimum absolute atomic E-state index is 0.0136. The van der Waals surface area contributed by atoms with E-state index in [9.17, 15) is 4.79 Å². The second-order valence-corrected chi connectivity index (χ2v) is 16.1. The SMILES string of the molecule is CCCCn1nc(C(CCC)CC2=NC(C)(C)CO2)n(Cc2ccc(-c3ccccc3-c3nnn(C(c4ccccc4)(c4ccccc4)c4ccccc4)n3)cc2)c1=O. The largest absolute Gasteiger partial charge is 0.478 e. The summed E-state index contributed by atoms with van der Waals surface area (Å²) in [7, 11) is 0. The number of aromatic nitrogens is 7. The molecule has 0 N–H and O–H groups in total. The number of aryl methyl sites for hydroxylation is 1. The fourth-order valence-corrected chi connectivity index (χ4v) is 8.26. The van der Waals surface area contributed by atoms with Crippen LogP contribution in [-0.2, 0) is 23.4 Å². The van der Waals surface area contributed by atoms with Crippen molar-refractivity contribution in [1.82, 2.24) is 34.6 Å². The monoisotopic (exact) mass is 784 g/mol. The first kappa shape index (κ1) is 39.4. The number of hydrogen-bond acceptors (Lipinski definition) is 7. The quantitative estimate of drug-likeness (QED) is 0.0905. The highest BCUT2D eigenvalue weighted by atomic mass is 16.5. The van der Waals surface area contributed by atoms with E-state index < -0.39 is 5.54 Å². The molecule has 8 rings (SSSR count). The zero-order valence-corrected chi connectivity index (χ0v) is 34.4. The Morgan fingerprint density at radius 3 is 1.88 bits per heavy atom. The van der Waals surface area contributed by atoms with Gasteiger partial charge in [-0.15, -0.1) is 15.0 Å². The van der Waals surface area contributed by atoms with Crippen molar-refractivity contribution in [2.24, 2.45) is 4.99 Å². The van der Waals surface area contributed by atoms with Gasteiger partial charge in [-0.25, -0.2) is 14.5 Å². The van der Waals surface area contributed by atoms with Gasteiger partial charge < -0.3 is 4.74 Å². The molecule has 0 bridgehead atoms. The van der Waals surface area contributed by atoms with Crippen LogP contribution in [-0.4, -0.2) is 52.6 Å². The first-order chi connectivity index (χ1) is 28.8. The molecule has 10 heteroatoms. The van der Waals surface area contributed by atoms with Gasteiger partial charge in [-0.2, -0.15) is 5.10 Å². The maximum absolute atomic E-state index is 14.0. The molecule has 10 nitrogen and oxygen atoms in total. The van der Waals surface area contributed by atoms with Gasteiger partial charge in [0.1, 0.15) is 12.4 Å². The summed E-state index contributed by atoms with van der Waals surface area (Å²) in [6.45, 7) is 10.0. The average molecular weight is 785 g/mol. The van der Waals surface area contributed by atoms with Crippen LogP contribution in [0.5, 0.6) is 0 Å². The highest BCUT2D eigenvalue weighted by molar-refractivity contribution is 5.80. The molecule has 300 valence electrons. The molecule has 1 unspecified atom stereocenters.